The van der Waals surface area contributed by atoms with Crippen molar-refractivity contribution in [1.82, 2.24) is 0 Å². The maximum atomic E-state index is 6.56. The van der Waals surface area contributed by atoms with Crippen molar-refractivity contribution >= 4 is 22.8 Å². The quantitative estimate of drug-likeness (QED) is 0.172. The topological polar surface area (TPSA) is 18.5 Å². The normalized spacial score (nSPS) is 25.8. The fourth-order valence-corrected chi connectivity index (χ4v) is 14.0. The summed E-state index contributed by atoms with van der Waals surface area (Å²) in [4.78, 5) is 0. The van der Waals surface area contributed by atoms with Crippen molar-refractivity contribution in [2.75, 3.05) is 0 Å². The summed E-state index contributed by atoms with van der Waals surface area (Å²) in [5.41, 5.74) is 22.8. The number of benzene rings is 6. The van der Waals surface area contributed by atoms with E-state index in [1.54, 1.807) is 11.1 Å². The predicted molar refractivity (Wildman–Crippen MR) is 264 cm³/mol. The second kappa shape index (κ2) is 14.7. The van der Waals surface area contributed by atoms with E-state index in [2.05, 4.69) is 182 Å². The molecule has 0 aromatic heterocycles. The van der Waals surface area contributed by atoms with Crippen LogP contribution in [0.5, 0.6) is 11.5 Å². The van der Waals surface area contributed by atoms with Gasteiger partial charge in [-0.15, -0.1) is 0 Å². The number of para-hydroxylation sites is 1. The van der Waals surface area contributed by atoms with Gasteiger partial charge in [-0.3, -0.25) is 0 Å². The molecule has 316 valence electrons. The van der Waals surface area contributed by atoms with E-state index in [0.29, 0.717) is 5.92 Å². The highest BCUT2D eigenvalue weighted by atomic mass is 16.5. The molecule has 2 aliphatic heterocycles. The molecule has 2 nitrogen and oxygen atoms in total. The zero-order valence-corrected chi connectivity index (χ0v) is 36.8. The van der Waals surface area contributed by atoms with Gasteiger partial charge in [-0.2, -0.15) is 0 Å². The van der Waals surface area contributed by atoms with Crippen LogP contribution in [0.15, 0.2) is 187 Å². The first kappa shape index (κ1) is 37.7. The van der Waals surface area contributed by atoms with Crippen molar-refractivity contribution in [3.05, 3.63) is 248 Å². The summed E-state index contributed by atoms with van der Waals surface area (Å²) in [7, 11) is 0. The van der Waals surface area contributed by atoms with E-state index < -0.39 is 0 Å². The second-order valence-electron chi connectivity index (χ2n) is 19.7. The molecule has 2 heteroatoms. The average Bonchev–Trinajstić information content (AvgIpc) is 4.04. The van der Waals surface area contributed by atoms with Gasteiger partial charge in [0.2, 0.25) is 0 Å². The van der Waals surface area contributed by atoms with Crippen LogP contribution in [-0.4, -0.2) is 12.2 Å². The highest BCUT2D eigenvalue weighted by Gasteiger charge is 2.50. The molecule has 0 N–H and O–H groups in total. The molecule has 6 aromatic rings. The first-order valence-electron chi connectivity index (χ1n) is 24.4. The monoisotopic (exact) mass is 840 g/mol. The van der Waals surface area contributed by atoms with E-state index in [1.165, 1.54) is 90.8 Å². The highest BCUT2D eigenvalue weighted by Crippen LogP contribution is 2.62. The molecule has 0 spiro atoms. The highest BCUT2D eigenvalue weighted by molar-refractivity contribution is 5.93. The van der Waals surface area contributed by atoms with Crippen LogP contribution in [0.25, 0.3) is 22.8 Å². The summed E-state index contributed by atoms with van der Waals surface area (Å²) in [6, 6.07) is 53.5. The smallest absolute Gasteiger partial charge is 0.128 e. The molecule has 0 amide bonds. The Labute approximate surface area is 383 Å². The van der Waals surface area contributed by atoms with Crippen LogP contribution in [0.4, 0.5) is 0 Å². The lowest BCUT2D eigenvalue weighted by Crippen LogP contribution is -2.30. The summed E-state index contributed by atoms with van der Waals surface area (Å²) < 4.78 is 13.1. The molecule has 2 heterocycles. The van der Waals surface area contributed by atoms with Crippen LogP contribution in [-0.2, 0) is 5.41 Å². The van der Waals surface area contributed by atoms with E-state index in [1.807, 2.05) is 0 Å². The molecule has 65 heavy (non-hydrogen) atoms. The fraction of sp³-hybridized carbons (Fsp3) is 0.238. The van der Waals surface area contributed by atoms with Crippen LogP contribution in [0.1, 0.15) is 130 Å². The number of rotatable bonds is 5. The number of hydrogen-bond acceptors (Lipinski definition) is 2. The summed E-state index contributed by atoms with van der Waals surface area (Å²) >= 11 is 0. The second-order valence-corrected chi connectivity index (χ2v) is 19.7. The van der Waals surface area contributed by atoms with Crippen LogP contribution in [0.3, 0.4) is 0 Å². The van der Waals surface area contributed by atoms with Gasteiger partial charge in [0.25, 0.3) is 0 Å². The minimum absolute atomic E-state index is 0.0738. The van der Waals surface area contributed by atoms with Gasteiger partial charge in [0.05, 0.1) is 5.41 Å². The number of allylic oxidation sites excluding steroid dienone is 8. The molecule has 0 saturated heterocycles. The van der Waals surface area contributed by atoms with Gasteiger partial charge in [0, 0.05) is 28.9 Å². The van der Waals surface area contributed by atoms with Crippen molar-refractivity contribution in [3.8, 4) is 11.5 Å². The van der Waals surface area contributed by atoms with Gasteiger partial charge in [-0.05, 0) is 166 Å². The van der Waals surface area contributed by atoms with Gasteiger partial charge < -0.3 is 9.47 Å². The summed E-state index contributed by atoms with van der Waals surface area (Å²) in [6.45, 7) is 0. The Hall–Kier alpha value is -6.64. The molecule has 6 unspecified atom stereocenters. The van der Waals surface area contributed by atoms with Crippen molar-refractivity contribution in [3.63, 3.8) is 0 Å². The van der Waals surface area contributed by atoms with E-state index in [-0.39, 0.29) is 35.4 Å². The van der Waals surface area contributed by atoms with E-state index in [0.717, 1.165) is 50.0 Å². The molecule has 0 bridgehead atoms. The Balaban J connectivity index is 0.990. The Morgan fingerprint density at radius 1 is 0.585 bits per heavy atom. The van der Waals surface area contributed by atoms with Gasteiger partial charge in [-0.1, -0.05) is 152 Å². The third-order valence-corrected chi connectivity index (χ3v) is 16.6. The first-order valence-corrected chi connectivity index (χ1v) is 24.4. The lowest BCUT2D eigenvalue weighted by Gasteiger charge is -2.40. The van der Waals surface area contributed by atoms with E-state index >= 15 is 0 Å². The summed E-state index contributed by atoms with van der Waals surface area (Å²) in [5.74, 6) is 3.13. The SMILES string of the molecule is C1=CC2Oc3ccc(C4=CCCC5C4=Cc4c(C6=CC7c8ccccc8OC7CC6)cccc4C5c4cccc5c4C4=C(CCCC4)C5(c4ccccc4)c4ccccc4)cc3C2C=C1. The predicted octanol–water partition coefficient (Wildman–Crippen LogP) is 15.1. The van der Waals surface area contributed by atoms with Gasteiger partial charge >= 0.3 is 0 Å². The van der Waals surface area contributed by atoms with E-state index in [4.69, 9.17) is 9.47 Å². The standard InChI is InChI=1S/C63H52O2/c1-3-16-41(17-4-1)63(42-18-5-2-6-19-42)55-28-10-7-22-49(55)62-50(27-15-29-56(62)63)61-47-25-13-23-43(39-32-34-59-53(36-39)45-20-8-11-30-57(45)64-59)51(47)38-52-44(24-14-26-48(52)61)40-33-35-60-54(37-40)46-21-9-12-31-58(46)65-60/h1-6,8-9,11-13,15-21,23-25,27,29-31,33,35-38,46,48,53,58-59,61H,7,10,14,22,26,28,32,34H2. The van der Waals surface area contributed by atoms with Gasteiger partial charge in [0.1, 0.15) is 23.7 Å². The third kappa shape index (κ3) is 5.53. The molecule has 8 aliphatic rings. The lowest BCUT2D eigenvalue weighted by molar-refractivity contribution is 0.206. The van der Waals surface area contributed by atoms with Crippen LogP contribution in [0.2, 0.25) is 0 Å². The van der Waals surface area contributed by atoms with Crippen LogP contribution < -0.4 is 9.47 Å². The van der Waals surface area contributed by atoms with E-state index in [9.17, 15) is 0 Å². The molecular weight excluding hydrogens is 789 g/mol. The van der Waals surface area contributed by atoms with Crippen molar-refractivity contribution in [1.29, 1.82) is 0 Å². The Bertz CT molecular complexity index is 3100. The van der Waals surface area contributed by atoms with Gasteiger partial charge in [0.15, 0.2) is 0 Å². The van der Waals surface area contributed by atoms with Crippen LogP contribution in [0, 0.1) is 5.92 Å². The zero-order valence-electron chi connectivity index (χ0n) is 36.8. The number of fused-ring (bicyclic) bond motifs is 10. The van der Waals surface area contributed by atoms with Crippen LogP contribution >= 0.6 is 0 Å². The van der Waals surface area contributed by atoms with Crippen molar-refractivity contribution in [2.24, 2.45) is 5.92 Å². The first-order chi connectivity index (χ1) is 32.2. The Kier molecular flexibility index (Phi) is 8.52. The third-order valence-electron chi connectivity index (χ3n) is 16.6. The molecule has 14 rings (SSSR count). The Morgan fingerprint density at radius 3 is 2.22 bits per heavy atom. The van der Waals surface area contributed by atoms with Gasteiger partial charge in [-0.25, -0.2) is 0 Å². The Morgan fingerprint density at radius 2 is 1.34 bits per heavy atom. The molecule has 6 aromatic carbocycles. The molecule has 0 saturated carbocycles. The number of hydrogen-bond donors (Lipinski definition) is 0. The fourth-order valence-electron chi connectivity index (χ4n) is 14.0. The molecular formula is C63H52O2. The number of ether oxygens (including phenoxy) is 2. The molecule has 6 aliphatic carbocycles. The largest absolute Gasteiger partial charge is 0.489 e. The van der Waals surface area contributed by atoms with Crippen molar-refractivity contribution in [2.45, 2.75) is 86.7 Å². The molecule has 0 fully saturated rings. The average molecular weight is 841 g/mol. The molecule has 0 radical (unpaired) electrons. The molecule has 6 atom stereocenters. The zero-order chi connectivity index (χ0) is 42.6. The minimum atomic E-state index is -0.324. The summed E-state index contributed by atoms with van der Waals surface area (Å²) in [5, 5.41) is 0. The maximum absolute atomic E-state index is 6.56. The minimum Gasteiger partial charge on any atom is -0.489 e. The lowest BCUT2D eigenvalue weighted by atomic mass is 9.62. The maximum Gasteiger partial charge on any atom is 0.128 e. The van der Waals surface area contributed by atoms with Crippen molar-refractivity contribution < 1.29 is 9.47 Å². The summed E-state index contributed by atoms with van der Waals surface area (Å²) in [6.07, 6.45) is 25.8.